The van der Waals surface area contributed by atoms with Crippen LogP contribution >= 0.6 is 0 Å². The van der Waals surface area contributed by atoms with Crippen molar-refractivity contribution in [2.75, 3.05) is 6.61 Å². The van der Waals surface area contributed by atoms with Gasteiger partial charge in [-0.3, -0.25) is 4.90 Å². The summed E-state index contributed by atoms with van der Waals surface area (Å²) < 4.78 is 10.5. The van der Waals surface area contributed by atoms with Crippen LogP contribution in [-0.2, 0) is 20.9 Å². The summed E-state index contributed by atoms with van der Waals surface area (Å²) in [6.45, 7) is 1.93. The third-order valence-corrected chi connectivity index (χ3v) is 3.14. The summed E-state index contributed by atoms with van der Waals surface area (Å²) in [6, 6.07) is 8.24. The zero-order valence-corrected chi connectivity index (χ0v) is 11.2. The Bertz CT molecular complexity index is 476. The molecule has 6 nitrogen and oxygen atoms in total. The lowest BCUT2D eigenvalue weighted by atomic mass is 10.2. The van der Waals surface area contributed by atoms with Gasteiger partial charge < -0.3 is 14.6 Å². The quantitative estimate of drug-likeness (QED) is 0.910. The number of carbonyl (C=O) groups is 2. The summed E-state index contributed by atoms with van der Waals surface area (Å²) in [5.41, 5.74) is 0.848. The van der Waals surface area contributed by atoms with Crippen molar-refractivity contribution >= 4 is 12.1 Å². The van der Waals surface area contributed by atoms with E-state index in [-0.39, 0.29) is 13.2 Å². The molecule has 0 aliphatic carbocycles. The number of benzene rings is 1. The normalized spacial score (nSPS) is 21.8. The van der Waals surface area contributed by atoms with Crippen molar-refractivity contribution in [2.24, 2.45) is 0 Å². The fraction of sp³-hybridized carbons (Fsp3) is 0.429. The first-order chi connectivity index (χ1) is 9.63. The Balaban J connectivity index is 2.00. The third kappa shape index (κ3) is 3.08. The lowest BCUT2D eigenvalue weighted by Gasteiger charge is -2.24. The predicted molar refractivity (Wildman–Crippen MR) is 69.9 cm³/mol. The Kier molecular flexibility index (Phi) is 4.57. The first-order valence-electron chi connectivity index (χ1n) is 6.47. The maximum atomic E-state index is 12.1. The molecule has 1 aliphatic heterocycles. The van der Waals surface area contributed by atoms with E-state index in [1.165, 1.54) is 0 Å². The van der Waals surface area contributed by atoms with Crippen LogP contribution < -0.4 is 0 Å². The van der Waals surface area contributed by atoms with Crippen molar-refractivity contribution in [3.05, 3.63) is 35.9 Å². The molecule has 2 rings (SSSR count). The molecule has 1 heterocycles. The minimum atomic E-state index is -1.09. The van der Waals surface area contributed by atoms with E-state index in [0.717, 1.165) is 10.5 Å². The van der Waals surface area contributed by atoms with Crippen molar-refractivity contribution in [1.29, 1.82) is 0 Å². The van der Waals surface area contributed by atoms with Gasteiger partial charge in [-0.05, 0) is 12.0 Å². The molecule has 1 aromatic carbocycles. The lowest BCUT2D eigenvalue weighted by molar-refractivity contribution is -0.141. The number of rotatable bonds is 4. The van der Waals surface area contributed by atoms with Gasteiger partial charge >= 0.3 is 12.1 Å². The Hall–Kier alpha value is -2.08. The fourth-order valence-electron chi connectivity index (χ4n) is 2.11. The topological polar surface area (TPSA) is 76.1 Å². The highest BCUT2D eigenvalue weighted by Crippen LogP contribution is 2.21. The molecular formula is C14H17NO5. The van der Waals surface area contributed by atoms with Gasteiger partial charge in [0.25, 0.3) is 0 Å². The second-order valence-electron chi connectivity index (χ2n) is 4.50. The summed E-state index contributed by atoms with van der Waals surface area (Å²) in [7, 11) is 0. The van der Waals surface area contributed by atoms with Crippen LogP contribution in [0.1, 0.15) is 18.9 Å². The molecule has 6 heteroatoms. The zero-order valence-electron chi connectivity index (χ0n) is 11.2. The molecule has 108 valence electrons. The highest BCUT2D eigenvalue weighted by atomic mass is 16.6. The molecule has 1 fully saturated rings. The molecule has 1 N–H and O–H groups in total. The number of carboxylic acid groups (broad SMARTS) is 1. The maximum absolute atomic E-state index is 12.1. The Morgan fingerprint density at radius 1 is 1.40 bits per heavy atom. The number of carboxylic acids is 1. The Labute approximate surface area is 116 Å². The summed E-state index contributed by atoms with van der Waals surface area (Å²) in [5, 5.41) is 9.10. The standard InChI is InChI=1S/C14H17NO5/c1-2-12-15(11(9-19-12)13(16)17)14(18)20-8-10-6-4-3-5-7-10/h3-7,11-12H,2,8-9H2,1H3,(H,16,17)/t11-,12?/m0/s1. The molecule has 2 atom stereocenters. The number of hydrogen-bond donors (Lipinski definition) is 1. The molecule has 0 radical (unpaired) electrons. The van der Waals surface area contributed by atoms with Crippen molar-refractivity contribution in [2.45, 2.75) is 32.2 Å². The number of ether oxygens (including phenoxy) is 2. The number of amides is 1. The van der Waals surface area contributed by atoms with Crippen molar-refractivity contribution < 1.29 is 24.2 Å². The van der Waals surface area contributed by atoms with Gasteiger partial charge in [0.1, 0.15) is 12.8 Å². The van der Waals surface area contributed by atoms with E-state index in [4.69, 9.17) is 14.6 Å². The summed E-state index contributed by atoms with van der Waals surface area (Å²) in [4.78, 5) is 24.3. The third-order valence-electron chi connectivity index (χ3n) is 3.14. The van der Waals surface area contributed by atoms with Crippen LogP contribution in [-0.4, -0.2) is 40.9 Å². The van der Waals surface area contributed by atoms with Crippen LogP contribution in [0.25, 0.3) is 0 Å². The van der Waals surface area contributed by atoms with Gasteiger partial charge in [-0.15, -0.1) is 0 Å². The van der Waals surface area contributed by atoms with Crippen molar-refractivity contribution in [1.82, 2.24) is 4.90 Å². The molecule has 20 heavy (non-hydrogen) atoms. The molecule has 1 amide bonds. The van der Waals surface area contributed by atoms with Crippen LogP contribution in [0.3, 0.4) is 0 Å². The van der Waals surface area contributed by atoms with E-state index < -0.39 is 24.3 Å². The Morgan fingerprint density at radius 2 is 2.10 bits per heavy atom. The molecule has 1 aliphatic rings. The van der Waals surface area contributed by atoms with Crippen LogP contribution in [0.5, 0.6) is 0 Å². The first-order valence-corrected chi connectivity index (χ1v) is 6.47. The highest BCUT2D eigenvalue weighted by Gasteiger charge is 2.42. The monoisotopic (exact) mass is 279 g/mol. The van der Waals surface area contributed by atoms with Gasteiger partial charge in [0.05, 0.1) is 6.61 Å². The summed E-state index contributed by atoms with van der Waals surface area (Å²) >= 11 is 0. The number of carbonyl (C=O) groups excluding carboxylic acids is 1. The van der Waals surface area contributed by atoms with E-state index in [2.05, 4.69) is 0 Å². The number of aliphatic carboxylic acids is 1. The average molecular weight is 279 g/mol. The van der Waals surface area contributed by atoms with E-state index in [1.807, 2.05) is 37.3 Å². The molecule has 0 saturated carbocycles. The first kappa shape index (κ1) is 14.3. The highest BCUT2D eigenvalue weighted by molar-refractivity contribution is 5.80. The summed E-state index contributed by atoms with van der Waals surface area (Å²) in [6.07, 6.45) is -0.686. The second kappa shape index (κ2) is 6.38. The minimum Gasteiger partial charge on any atom is -0.480 e. The molecule has 0 aromatic heterocycles. The van der Waals surface area contributed by atoms with Crippen LogP contribution in [0.2, 0.25) is 0 Å². The zero-order chi connectivity index (χ0) is 14.5. The lowest BCUT2D eigenvalue weighted by Crippen LogP contribution is -2.45. The number of nitrogens with zero attached hydrogens (tertiary/aromatic N) is 1. The van der Waals surface area contributed by atoms with Crippen molar-refractivity contribution in [3.63, 3.8) is 0 Å². The smallest absolute Gasteiger partial charge is 0.413 e. The van der Waals surface area contributed by atoms with E-state index >= 15 is 0 Å². The second-order valence-corrected chi connectivity index (χ2v) is 4.50. The van der Waals surface area contributed by atoms with Crippen LogP contribution in [0.15, 0.2) is 30.3 Å². The van der Waals surface area contributed by atoms with E-state index in [1.54, 1.807) is 0 Å². The van der Waals surface area contributed by atoms with Gasteiger partial charge in [-0.2, -0.15) is 0 Å². The van der Waals surface area contributed by atoms with Gasteiger partial charge in [-0.1, -0.05) is 37.3 Å². The SMILES string of the molecule is CCC1OC[C@@H](C(=O)O)N1C(=O)OCc1ccccc1. The van der Waals surface area contributed by atoms with Gasteiger partial charge in [0.15, 0.2) is 6.04 Å². The summed E-state index contributed by atoms with van der Waals surface area (Å²) in [5.74, 6) is -1.09. The van der Waals surface area contributed by atoms with Crippen LogP contribution in [0.4, 0.5) is 4.79 Å². The van der Waals surface area contributed by atoms with E-state index in [9.17, 15) is 9.59 Å². The molecule has 1 unspecified atom stereocenters. The molecule has 0 bridgehead atoms. The molecule has 1 aromatic rings. The van der Waals surface area contributed by atoms with Gasteiger partial charge in [0, 0.05) is 0 Å². The van der Waals surface area contributed by atoms with E-state index in [0.29, 0.717) is 6.42 Å². The van der Waals surface area contributed by atoms with Crippen LogP contribution in [0, 0.1) is 0 Å². The minimum absolute atomic E-state index is 0.00568. The fourth-order valence-corrected chi connectivity index (χ4v) is 2.11. The molecule has 0 spiro atoms. The van der Waals surface area contributed by atoms with Gasteiger partial charge in [0.2, 0.25) is 0 Å². The number of hydrogen-bond acceptors (Lipinski definition) is 4. The maximum Gasteiger partial charge on any atom is 0.413 e. The largest absolute Gasteiger partial charge is 0.480 e. The predicted octanol–water partition coefficient (Wildman–Crippen LogP) is 1.84. The average Bonchev–Trinajstić information content (AvgIpc) is 2.90. The molecule has 1 saturated heterocycles. The van der Waals surface area contributed by atoms with Gasteiger partial charge in [-0.25, -0.2) is 9.59 Å². The molecular weight excluding hydrogens is 262 g/mol. The Morgan fingerprint density at radius 3 is 2.70 bits per heavy atom. The van der Waals surface area contributed by atoms with Crippen molar-refractivity contribution in [3.8, 4) is 0 Å².